The van der Waals surface area contributed by atoms with Gasteiger partial charge in [0.2, 0.25) is 0 Å². The number of hydrogen-bond acceptors (Lipinski definition) is 3. The molecule has 0 aliphatic heterocycles. The maximum Gasteiger partial charge on any atom is 0.276 e. The Labute approximate surface area is 107 Å². The quantitative estimate of drug-likeness (QED) is 0.696. The lowest BCUT2D eigenvalue weighted by Gasteiger charge is -1.97. The van der Waals surface area contributed by atoms with Gasteiger partial charge in [-0.2, -0.15) is 0 Å². The number of carbonyl (C=O) groups excluding carboxylic acids is 1. The molecule has 0 unspecified atom stereocenters. The predicted octanol–water partition coefficient (Wildman–Crippen LogP) is 2.31. The van der Waals surface area contributed by atoms with E-state index in [1.807, 2.05) is 0 Å². The van der Waals surface area contributed by atoms with Crippen LogP contribution in [0.5, 0.6) is 0 Å². The van der Waals surface area contributed by atoms with Crippen molar-refractivity contribution in [3.8, 4) is 0 Å². The van der Waals surface area contributed by atoms with Crippen LogP contribution in [0.4, 0.5) is 4.39 Å². The van der Waals surface area contributed by atoms with Gasteiger partial charge in [-0.15, -0.1) is 0 Å². The Kier molecular flexibility index (Phi) is 3.23. The van der Waals surface area contributed by atoms with Crippen LogP contribution in [-0.2, 0) is 9.05 Å². The van der Waals surface area contributed by atoms with Gasteiger partial charge in [-0.1, -0.05) is 12.1 Å². The largest absolute Gasteiger partial charge is 0.351 e. The second-order valence-corrected chi connectivity index (χ2v) is 6.06. The molecule has 0 saturated heterocycles. The standard InChI is InChI=1S/C11H7ClFNO3S/c12-18(16,17)10-5-8(6-14-10)11(15)7-2-1-3-9(13)4-7/h1-6,14H. The van der Waals surface area contributed by atoms with E-state index in [-0.39, 0.29) is 16.2 Å². The molecule has 4 nitrogen and oxygen atoms in total. The Morgan fingerprint density at radius 1 is 1.22 bits per heavy atom. The van der Waals surface area contributed by atoms with E-state index in [0.29, 0.717) is 0 Å². The molecule has 0 saturated carbocycles. The van der Waals surface area contributed by atoms with Gasteiger partial charge in [0.25, 0.3) is 9.05 Å². The van der Waals surface area contributed by atoms with E-state index in [1.54, 1.807) is 0 Å². The first-order valence-corrected chi connectivity index (χ1v) is 7.12. The van der Waals surface area contributed by atoms with Gasteiger partial charge >= 0.3 is 0 Å². The molecule has 94 valence electrons. The van der Waals surface area contributed by atoms with E-state index in [9.17, 15) is 17.6 Å². The molecule has 0 atom stereocenters. The molecule has 0 aliphatic carbocycles. The number of aromatic amines is 1. The van der Waals surface area contributed by atoms with Gasteiger partial charge in [0.05, 0.1) is 0 Å². The molecule has 7 heteroatoms. The molecule has 0 bridgehead atoms. The number of rotatable bonds is 3. The Morgan fingerprint density at radius 3 is 2.50 bits per heavy atom. The molecule has 0 aliphatic rings. The van der Waals surface area contributed by atoms with Gasteiger partial charge in [0.15, 0.2) is 5.78 Å². The fourth-order valence-corrected chi connectivity index (χ4v) is 2.18. The highest BCUT2D eigenvalue weighted by Crippen LogP contribution is 2.17. The van der Waals surface area contributed by atoms with Crippen LogP contribution in [0, 0.1) is 5.82 Å². The summed E-state index contributed by atoms with van der Waals surface area (Å²) >= 11 is 0. The Balaban J connectivity index is 2.38. The van der Waals surface area contributed by atoms with Crippen LogP contribution in [0.25, 0.3) is 0 Å². The Morgan fingerprint density at radius 2 is 1.94 bits per heavy atom. The topological polar surface area (TPSA) is 67.0 Å². The molecule has 0 amide bonds. The number of nitrogens with one attached hydrogen (secondary N) is 1. The monoisotopic (exact) mass is 287 g/mol. The van der Waals surface area contributed by atoms with Crippen molar-refractivity contribution in [2.75, 3.05) is 0 Å². The number of ketones is 1. The fraction of sp³-hybridized carbons (Fsp3) is 0. The number of hydrogen-bond donors (Lipinski definition) is 1. The maximum atomic E-state index is 13.0. The summed E-state index contributed by atoms with van der Waals surface area (Å²) in [5.41, 5.74) is 0.229. The first-order chi connectivity index (χ1) is 8.38. The average molecular weight is 288 g/mol. The lowest BCUT2D eigenvalue weighted by molar-refractivity contribution is 0.103. The van der Waals surface area contributed by atoms with Gasteiger partial charge in [-0.3, -0.25) is 4.79 Å². The molecular weight excluding hydrogens is 281 g/mol. The number of benzene rings is 1. The van der Waals surface area contributed by atoms with E-state index in [4.69, 9.17) is 10.7 Å². The third kappa shape index (κ3) is 2.60. The first kappa shape index (κ1) is 12.8. The highest BCUT2D eigenvalue weighted by Gasteiger charge is 2.17. The van der Waals surface area contributed by atoms with Crippen molar-refractivity contribution in [1.29, 1.82) is 0 Å². The predicted molar refractivity (Wildman–Crippen MR) is 63.7 cm³/mol. The molecule has 0 radical (unpaired) electrons. The molecule has 1 aromatic carbocycles. The van der Waals surface area contributed by atoms with Gasteiger partial charge < -0.3 is 4.98 Å². The molecule has 1 aromatic heterocycles. The van der Waals surface area contributed by atoms with Crippen LogP contribution in [-0.4, -0.2) is 19.2 Å². The number of H-pyrrole nitrogens is 1. The smallest absolute Gasteiger partial charge is 0.276 e. The summed E-state index contributed by atoms with van der Waals surface area (Å²) in [4.78, 5) is 14.3. The molecule has 1 N–H and O–H groups in total. The summed E-state index contributed by atoms with van der Waals surface area (Å²) in [7, 11) is 1.20. The molecule has 1 heterocycles. The number of carbonyl (C=O) groups is 1. The average Bonchev–Trinajstić information content (AvgIpc) is 2.77. The molecule has 18 heavy (non-hydrogen) atoms. The van der Waals surface area contributed by atoms with E-state index in [1.165, 1.54) is 24.4 Å². The minimum atomic E-state index is -3.92. The van der Waals surface area contributed by atoms with Crippen LogP contribution < -0.4 is 0 Å². The zero-order chi connectivity index (χ0) is 13.3. The van der Waals surface area contributed by atoms with E-state index >= 15 is 0 Å². The minimum Gasteiger partial charge on any atom is -0.351 e. The Hall–Kier alpha value is -1.66. The fourth-order valence-electron chi connectivity index (χ4n) is 1.44. The van der Waals surface area contributed by atoms with E-state index in [0.717, 1.165) is 12.1 Å². The lowest BCUT2D eigenvalue weighted by atomic mass is 10.1. The summed E-state index contributed by atoms with van der Waals surface area (Å²) in [6.07, 6.45) is 1.21. The summed E-state index contributed by atoms with van der Waals surface area (Å²) in [6.45, 7) is 0. The zero-order valence-electron chi connectivity index (χ0n) is 8.85. The number of aromatic nitrogens is 1. The van der Waals surface area contributed by atoms with Crippen molar-refractivity contribution in [1.82, 2.24) is 4.98 Å². The second kappa shape index (κ2) is 4.55. The van der Waals surface area contributed by atoms with Gasteiger partial charge in [0.1, 0.15) is 10.8 Å². The van der Waals surface area contributed by atoms with Crippen molar-refractivity contribution in [2.24, 2.45) is 0 Å². The maximum absolute atomic E-state index is 13.0. The highest BCUT2D eigenvalue weighted by molar-refractivity contribution is 8.13. The summed E-state index contributed by atoms with van der Waals surface area (Å²) in [6, 6.07) is 6.23. The second-order valence-electron chi connectivity index (χ2n) is 3.53. The summed E-state index contributed by atoms with van der Waals surface area (Å²) in [5.74, 6) is -1.03. The van der Waals surface area contributed by atoms with Crippen LogP contribution >= 0.6 is 10.7 Å². The summed E-state index contributed by atoms with van der Waals surface area (Å²) < 4.78 is 35.0. The third-order valence-electron chi connectivity index (χ3n) is 2.27. The molecule has 2 aromatic rings. The van der Waals surface area contributed by atoms with Crippen molar-refractivity contribution in [3.05, 3.63) is 53.5 Å². The van der Waals surface area contributed by atoms with Crippen LogP contribution in [0.15, 0.2) is 41.6 Å². The molecule has 2 rings (SSSR count). The van der Waals surface area contributed by atoms with Crippen LogP contribution in [0.1, 0.15) is 15.9 Å². The SMILES string of the molecule is O=C(c1cccc(F)c1)c1c[nH]c(S(=O)(=O)Cl)c1. The minimum absolute atomic E-state index is 0.0971. The van der Waals surface area contributed by atoms with Crippen molar-refractivity contribution in [3.63, 3.8) is 0 Å². The van der Waals surface area contributed by atoms with Gasteiger partial charge in [-0.25, -0.2) is 12.8 Å². The lowest BCUT2D eigenvalue weighted by Crippen LogP contribution is -2.00. The number of halogens is 2. The van der Waals surface area contributed by atoms with E-state index in [2.05, 4.69) is 4.98 Å². The van der Waals surface area contributed by atoms with Gasteiger partial charge in [-0.05, 0) is 18.2 Å². The molecular formula is C11H7ClFNO3S. The third-order valence-corrected chi connectivity index (χ3v) is 3.53. The highest BCUT2D eigenvalue weighted by atomic mass is 35.7. The van der Waals surface area contributed by atoms with Crippen LogP contribution in [0.3, 0.4) is 0 Å². The molecule has 0 spiro atoms. The Bertz CT molecular complexity index is 709. The van der Waals surface area contributed by atoms with Gasteiger partial charge in [0, 0.05) is 28.0 Å². The normalized spacial score (nSPS) is 11.4. The summed E-state index contributed by atoms with van der Waals surface area (Å²) in [5, 5.41) is -0.274. The van der Waals surface area contributed by atoms with Crippen molar-refractivity contribution >= 4 is 25.5 Å². The first-order valence-electron chi connectivity index (χ1n) is 4.81. The van der Waals surface area contributed by atoms with E-state index < -0.39 is 20.7 Å². The van der Waals surface area contributed by atoms with Crippen molar-refractivity contribution in [2.45, 2.75) is 5.03 Å². The van der Waals surface area contributed by atoms with Crippen LogP contribution in [0.2, 0.25) is 0 Å². The zero-order valence-corrected chi connectivity index (χ0v) is 10.4. The molecule has 0 fully saturated rings. The van der Waals surface area contributed by atoms with Crippen molar-refractivity contribution < 1.29 is 17.6 Å².